The standard InChI is InChI=1S/C26H32FN5O3/c1-33-20-4-5-23(21(27)16-20)35-19-7-10-30(11-8-19)24-17-32(18-2-3-18)22-6-9-28-26(25(22)29-24)31-12-14-34-15-13-31/h4-6,9,16,18-19H,2-3,7-8,10-15,17H2,1H3. The third-order valence-electron chi connectivity index (χ3n) is 7.28. The molecule has 2 aromatic rings. The summed E-state index contributed by atoms with van der Waals surface area (Å²) in [5.74, 6) is 2.45. The van der Waals surface area contributed by atoms with Gasteiger partial charge in [-0.25, -0.2) is 14.4 Å². The zero-order valence-corrected chi connectivity index (χ0v) is 20.2. The van der Waals surface area contributed by atoms with Crippen LogP contribution in [0.5, 0.6) is 11.5 Å². The maximum Gasteiger partial charge on any atom is 0.168 e. The van der Waals surface area contributed by atoms with E-state index in [0.29, 0.717) is 11.8 Å². The third kappa shape index (κ3) is 4.61. The Morgan fingerprint density at radius 3 is 2.51 bits per heavy atom. The number of morpholine rings is 1. The molecule has 9 heteroatoms. The number of aliphatic imine (C=N–C) groups is 1. The SMILES string of the molecule is COc1ccc(OC2CCN(C3=Nc4c(ccnc4N4CCOCC4)N(C4CC4)C3)CC2)c(F)c1. The van der Waals surface area contributed by atoms with Gasteiger partial charge in [-0.1, -0.05) is 0 Å². The van der Waals surface area contributed by atoms with Crippen molar-refractivity contribution < 1.29 is 18.6 Å². The Balaban J connectivity index is 1.19. The van der Waals surface area contributed by atoms with Crippen LogP contribution >= 0.6 is 0 Å². The number of aromatic nitrogens is 1. The van der Waals surface area contributed by atoms with Crippen LogP contribution in [0, 0.1) is 5.82 Å². The molecule has 0 N–H and O–H groups in total. The molecule has 4 aliphatic rings. The molecule has 0 spiro atoms. The molecule has 0 bridgehead atoms. The summed E-state index contributed by atoms with van der Waals surface area (Å²) >= 11 is 0. The predicted molar refractivity (Wildman–Crippen MR) is 133 cm³/mol. The molecule has 1 aliphatic carbocycles. The highest BCUT2D eigenvalue weighted by atomic mass is 19.1. The van der Waals surface area contributed by atoms with Crippen molar-refractivity contribution in [2.75, 3.05) is 62.8 Å². The van der Waals surface area contributed by atoms with Crippen LogP contribution in [0.2, 0.25) is 0 Å². The van der Waals surface area contributed by atoms with E-state index in [2.05, 4.69) is 20.8 Å². The molecule has 4 heterocycles. The average Bonchev–Trinajstić information content (AvgIpc) is 3.75. The number of hydrogen-bond acceptors (Lipinski definition) is 8. The first kappa shape index (κ1) is 22.4. The molecular weight excluding hydrogens is 449 g/mol. The molecule has 1 aromatic carbocycles. The van der Waals surface area contributed by atoms with Crippen molar-refractivity contribution in [3.05, 3.63) is 36.3 Å². The van der Waals surface area contributed by atoms with Crippen LogP contribution in [-0.2, 0) is 4.74 Å². The number of amidine groups is 1. The van der Waals surface area contributed by atoms with E-state index < -0.39 is 0 Å². The summed E-state index contributed by atoms with van der Waals surface area (Å²) in [5, 5.41) is 0. The molecule has 186 valence electrons. The topological polar surface area (TPSA) is 62.7 Å². The van der Waals surface area contributed by atoms with Gasteiger partial charge in [0.2, 0.25) is 0 Å². The highest BCUT2D eigenvalue weighted by Gasteiger charge is 2.37. The van der Waals surface area contributed by atoms with E-state index in [1.165, 1.54) is 31.7 Å². The minimum absolute atomic E-state index is 0.0178. The highest BCUT2D eigenvalue weighted by Crippen LogP contribution is 2.44. The minimum atomic E-state index is -0.386. The molecule has 3 fully saturated rings. The smallest absolute Gasteiger partial charge is 0.168 e. The third-order valence-corrected chi connectivity index (χ3v) is 7.28. The molecule has 0 amide bonds. The lowest BCUT2D eigenvalue weighted by atomic mass is 10.1. The number of anilines is 2. The Hall–Kier alpha value is -3.07. The zero-order chi connectivity index (χ0) is 23.8. The van der Waals surface area contributed by atoms with Crippen LogP contribution in [0.1, 0.15) is 25.7 Å². The normalized spacial score (nSPS) is 21.0. The van der Waals surface area contributed by atoms with Crippen molar-refractivity contribution in [1.82, 2.24) is 9.88 Å². The van der Waals surface area contributed by atoms with E-state index in [1.54, 1.807) is 12.1 Å². The van der Waals surface area contributed by atoms with E-state index in [4.69, 9.17) is 24.2 Å². The van der Waals surface area contributed by atoms with E-state index in [0.717, 1.165) is 76.1 Å². The lowest BCUT2D eigenvalue weighted by molar-refractivity contribution is 0.122. The number of benzene rings is 1. The second-order valence-electron chi connectivity index (χ2n) is 9.59. The fourth-order valence-corrected chi connectivity index (χ4v) is 5.18. The molecule has 0 unspecified atom stereocenters. The number of halogens is 1. The number of methoxy groups -OCH3 is 1. The average molecular weight is 482 g/mol. The Morgan fingerprint density at radius 2 is 1.80 bits per heavy atom. The number of ether oxygens (including phenoxy) is 3. The second-order valence-corrected chi connectivity index (χ2v) is 9.59. The van der Waals surface area contributed by atoms with Crippen LogP contribution in [0.3, 0.4) is 0 Å². The maximum atomic E-state index is 14.4. The van der Waals surface area contributed by atoms with Gasteiger partial charge in [0.05, 0.1) is 32.6 Å². The molecule has 3 aliphatic heterocycles. The summed E-state index contributed by atoms with van der Waals surface area (Å²) in [7, 11) is 1.53. The van der Waals surface area contributed by atoms with E-state index >= 15 is 0 Å². The fraction of sp³-hybridized carbons (Fsp3) is 0.538. The van der Waals surface area contributed by atoms with Gasteiger partial charge in [-0.2, -0.15) is 0 Å². The summed E-state index contributed by atoms with van der Waals surface area (Å²) in [5.41, 5.74) is 2.18. The zero-order valence-electron chi connectivity index (χ0n) is 20.2. The summed E-state index contributed by atoms with van der Waals surface area (Å²) in [4.78, 5) is 17.1. The minimum Gasteiger partial charge on any atom is -0.497 e. The summed E-state index contributed by atoms with van der Waals surface area (Å²) in [6.07, 6.45) is 6.00. The fourth-order valence-electron chi connectivity index (χ4n) is 5.18. The quantitative estimate of drug-likeness (QED) is 0.646. The first-order valence-electron chi connectivity index (χ1n) is 12.6. The van der Waals surface area contributed by atoms with Gasteiger partial charge in [-0.15, -0.1) is 0 Å². The molecular formula is C26H32FN5O3. The largest absolute Gasteiger partial charge is 0.497 e. The van der Waals surface area contributed by atoms with Crippen LogP contribution in [0.15, 0.2) is 35.5 Å². The Bertz CT molecular complexity index is 1090. The Kier molecular flexibility index (Phi) is 6.10. The molecule has 35 heavy (non-hydrogen) atoms. The van der Waals surface area contributed by atoms with Gasteiger partial charge >= 0.3 is 0 Å². The summed E-state index contributed by atoms with van der Waals surface area (Å²) < 4.78 is 31.0. The van der Waals surface area contributed by atoms with Crippen molar-refractivity contribution in [2.24, 2.45) is 4.99 Å². The molecule has 1 saturated carbocycles. The van der Waals surface area contributed by atoms with Crippen LogP contribution in [-0.4, -0.2) is 80.9 Å². The first-order chi connectivity index (χ1) is 17.2. The van der Waals surface area contributed by atoms with Crippen LogP contribution in [0.4, 0.5) is 21.6 Å². The van der Waals surface area contributed by atoms with Crippen LogP contribution < -0.4 is 19.3 Å². The molecule has 6 rings (SSSR count). The maximum absolute atomic E-state index is 14.4. The van der Waals surface area contributed by atoms with E-state index in [1.807, 2.05) is 6.20 Å². The monoisotopic (exact) mass is 481 g/mol. The number of hydrogen-bond donors (Lipinski definition) is 0. The van der Waals surface area contributed by atoms with E-state index in [-0.39, 0.29) is 17.7 Å². The molecule has 0 atom stereocenters. The number of pyridine rings is 1. The van der Waals surface area contributed by atoms with Gasteiger partial charge in [0.1, 0.15) is 23.4 Å². The van der Waals surface area contributed by atoms with E-state index in [9.17, 15) is 4.39 Å². The van der Waals surface area contributed by atoms with Gasteiger partial charge in [-0.05, 0) is 31.0 Å². The Morgan fingerprint density at radius 1 is 1.00 bits per heavy atom. The first-order valence-corrected chi connectivity index (χ1v) is 12.6. The van der Waals surface area contributed by atoms with Crippen molar-refractivity contribution >= 4 is 23.0 Å². The van der Waals surface area contributed by atoms with Crippen molar-refractivity contribution in [3.8, 4) is 11.5 Å². The lowest BCUT2D eigenvalue weighted by Crippen LogP contribution is -2.48. The molecule has 8 nitrogen and oxygen atoms in total. The number of nitrogens with zero attached hydrogens (tertiary/aromatic N) is 5. The Labute approximate surface area is 205 Å². The molecule has 1 aromatic heterocycles. The van der Waals surface area contributed by atoms with Gasteiger partial charge in [0.25, 0.3) is 0 Å². The van der Waals surface area contributed by atoms with Crippen molar-refractivity contribution in [2.45, 2.75) is 37.8 Å². The van der Waals surface area contributed by atoms with Gasteiger partial charge < -0.3 is 28.9 Å². The summed E-state index contributed by atoms with van der Waals surface area (Å²) in [6.45, 7) is 5.60. The second kappa shape index (κ2) is 9.53. The van der Waals surface area contributed by atoms with Crippen molar-refractivity contribution in [1.29, 1.82) is 0 Å². The van der Waals surface area contributed by atoms with Gasteiger partial charge in [0.15, 0.2) is 17.4 Å². The molecule has 0 radical (unpaired) electrons. The summed E-state index contributed by atoms with van der Waals surface area (Å²) in [6, 6.07) is 7.44. The number of likely N-dealkylation sites (tertiary alicyclic amines) is 1. The van der Waals surface area contributed by atoms with Gasteiger partial charge in [0, 0.05) is 57.3 Å². The van der Waals surface area contributed by atoms with Gasteiger partial charge in [-0.3, -0.25) is 0 Å². The molecule has 2 saturated heterocycles. The number of fused-ring (bicyclic) bond motifs is 1. The number of rotatable bonds is 5. The predicted octanol–water partition coefficient (Wildman–Crippen LogP) is 3.62. The highest BCUT2D eigenvalue weighted by molar-refractivity contribution is 5.97. The van der Waals surface area contributed by atoms with Crippen molar-refractivity contribution in [3.63, 3.8) is 0 Å². The van der Waals surface area contributed by atoms with Crippen LogP contribution in [0.25, 0.3) is 0 Å². The number of piperidine rings is 1. The lowest BCUT2D eigenvalue weighted by Gasteiger charge is -2.40.